The lowest BCUT2D eigenvalue weighted by atomic mass is 10.1. The number of benzene rings is 5. The van der Waals surface area contributed by atoms with Crippen LogP contribution in [0.2, 0.25) is 0 Å². The van der Waals surface area contributed by atoms with E-state index >= 15 is 0 Å². The number of methoxy groups -OCH3 is 1. The number of hydrogen-bond donors (Lipinski definition) is 1. The summed E-state index contributed by atoms with van der Waals surface area (Å²) in [4.78, 5) is 17.1. The molecule has 5 aromatic carbocycles. The van der Waals surface area contributed by atoms with E-state index in [1.54, 1.807) is 0 Å². The van der Waals surface area contributed by atoms with E-state index in [-0.39, 0.29) is 12.4 Å². The third kappa shape index (κ3) is 8.52. The fourth-order valence-electron chi connectivity index (χ4n) is 4.64. The van der Waals surface area contributed by atoms with Crippen molar-refractivity contribution < 1.29 is 23.7 Å². The fourth-order valence-corrected chi connectivity index (χ4v) is 5.46. The molecule has 230 valence electrons. The van der Waals surface area contributed by atoms with Crippen molar-refractivity contribution in [3.05, 3.63) is 150 Å². The number of carbonyl (C=O) groups excluding carboxylic acids is 1. The molecule has 1 heterocycles. The first kappa shape index (κ1) is 30.4. The summed E-state index contributed by atoms with van der Waals surface area (Å²) < 4.78 is 23.2. The maximum absolute atomic E-state index is 11.5. The Morgan fingerprint density at radius 3 is 1.96 bits per heavy atom. The van der Waals surface area contributed by atoms with Crippen molar-refractivity contribution in [2.24, 2.45) is 0 Å². The predicted octanol–water partition coefficient (Wildman–Crippen LogP) is 9.22. The van der Waals surface area contributed by atoms with Gasteiger partial charge in [0, 0.05) is 29.6 Å². The van der Waals surface area contributed by atoms with Gasteiger partial charge < -0.3 is 24.3 Å². The van der Waals surface area contributed by atoms with Crippen LogP contribution in [0.3, 0.4) is 0 Å². The van der Waals surface area contributed by atoms with E-state index in [0.717, 1.165) is 49.4 Å². The molecule has 0 aliphatic heterocycles. The molecule has 0 atom stereocenters. The highest BCUT2D eigenvalue weighted by Crippen LogP contribution is 2.36. The standard InChI is InChI=1S/C38H32N2O5S/c1-42-37(41)19-27-15-17-32(18-16-27)45-33-14-8-13-31(22-33)40-38-39-24-36(46-38)30-20-34(43-25-28-9-4-2-5-10-28)23-35(21-30)44-26-29-11-6-3-7-12-29/h2-18,20-24H,19,25-26H2,1H3,(H,39,40). The predicted molar refractivity (Wildman–Crippen MR) is 181 cm³/mol. The third-order valence-corrected chi connectivity index (χ3v) is 7.95. The second kappa shape index (κ2) is 14.9. The summed E-state index contributed by atoms with van der Waals surface area (Å²) in [6.07, 6.45) is 2.07. The number of anilines is 2. The van der Waals surface area contributed by atoms with E-state index in [1.165, 1.54) is 18.4 Å². The summed E-state index contributed by atoms with van der Waals surface area (Å²) in [5.74, 6) is 2.50. The zero-order chi connectivity index (χ0) is 31.6. The molecule has 1 N–H and O–H groups in total. The molecule has 7 nitrogen and oxygen atoms in total. The average Bonchev–Trinajstić information content (AvgIpc) is 3.57. The van der Waals surface area contributed by atoms with Crippen molar-refractivity contribution in [1.29, 1.82) is 0 Å². The van der Waals surface area contributed by atoms with Crippen LogP contribution in [0.1, 0.15) is 16.7 Å². The van der Waals surface area contributed by atoms with Gasteiger partial charge in [-0.05, 0) is 53.1 Å². The van der Waals surface area contributed by atoms with Gasteiger partial charge in [0.25, 0.3) is 0 Å². The molecule has 0 amide bonds. The molecule has 0 spiro atoms. The van der Waals surface area contributed by atoms with Crippen LogP contribution in [0.15, 0.2) is 134 Å². The van der Waals surface area contributed by atoms with Crippen molar-refractivity contribution in [1.82, 2.24) is 4.98 Å². The zero-order valence-corrected chi connectivity index (χ0v) is 26.0. The Bertz CT molecular complexity index is 1810. The van der Waals surface area contributed by atoms with E-state index in [2.05, 4.69) is 10.3 Å². The average molecular weight is 629 g/mol. The van der Waals surface area contributed by atoms with Crippen LogP contribution in [0, 0.1) is 0 Å². The first-order valence-corrected chi connectivity index (χ1v) is 15.6. The van der Waals surface area contributed by atoms with E-state index < -0.39 is 0 Å². The second-order valence-corrected chi connectivity index (χ2v) is 11.5. The minimum atomic E-state index is -0.279. The molecule has 0 unspecified atom stereocenters. The first-order valence-electron chi connectivity index (χ1n) is 14.7. The second-order valence-electron chi connectivity index (χ2n) is 10.4. The van der Waals surface area contributed by atoms with Gasteiger partial charge in [0.2, 0.25) is 0 Å². The Morgan fingerprint density at radius 2 is 1.33 bits per heavy atom. The lowest BCUT2D eigenvalue weighted by Gasteiger charge is -2.12. The van der Waals surface area contributed by atoms with E-state index in [9.17, 15) is 4.79 Å². The molecule has 0 saturated heterocycles. The number of nitrogens with one attached hydrogen (secondary N) is 1. The van der Waals surface area contributed by atoms with Crippen molar-refractivity contribution >= 4 is 28.1 Å². The highest BCUT2D eigenvalue weighted by Gasteiger charge is 2.11. The molecular weight excluding hydrogens is 596 g/mol. The molecule has 0 aliphatic carbocycles. The number of rotatable bonds is 13. The van der Waals surface area contributed by atoms with Crippen LogP contribution < -0.4 is 19.5 Å². The molecule has 6 aromatic rings. The molecule has 0 aliphatic rings. The topological polar surface area (TPSA) is 78.9 Å². The molecule has 0 saturated carbocycles. The smallest absolute Gasteiger partial charge is 0.309 e. The number of esters is 1. The molecule has 0 radical (unpaired) electrons. The third-order valence-electron chi connectivity index (χ3n) is 6.99. The Morgan fingerprint density at radius 1 is 0.674 bits per heavy atom. The summed E-state index contributed by atoms with van der Waals surface area (Å²) in [6.45, 7) is 0.905. The molecular formula is C38H32N2O5S. The number of hydrogen-bond acceptors (Lipinski definition) is 8. The summed E-state index contributed by atoms with van der Waals surface area (Å²) in [6, 6.07) is 41.2. The van der Waals surface area contributed by atoms with Crippen molar-refractivity contribution in [2.45, 2.75) is 19.6 Å². The maximum Gasteiger partial charge on any atom is 0.309 e. The van der Waals surface area contributed by atoms with Gasteiger partial charge in [-0.1, -0.05) is 90.2 Å². The van der Waals surface area contributed by atoms with Crippen LogP contribution in [-0.4, -0.2) is 18.1 Å². The minimum Gasteiger partial charge on any atom is -0.489 e. The van der Waals surface area contributed by atoms with Crippen LogP contribution in [0.25, 0.3) is 10.4 Å². The zero-order valence-electron chi connectivity index (χ0n) is 25.2. The number of carbonyl (C=O) groups is 1. The molecule has 0 fully saturated rings. The highest BCUT2D eigenvalue weighted by atomic mass is 32.1. The maximum atomic E-state index is 11.5. The fraction of sp³-hybridized carbons (Fsp3) is 0.105. The number of nitrogens with zero attached hydrogens (tertiary/aromatic N) is 1. The Hall–Kier alpha value is -5.60. The van der Waals surface area contributed by atoms with Crippen LogP contribution in [0.4, 0.5) is 10.8 Å². The molecule has 0 bridgehead atoms. The Kier molecular flexibility index (Phi) is 9.87. The van der Waals surface area contributed by atoms with Gasteiger partial charge in [-0.3, -0.25) is 4.79 Å². The molecule has 6 rings (SSSR count). The number of ether oxygens (including phenoxy) is 4. The minimum absolute atomic E-state index is 0.221. The van der Waals surface area contributed by atoms with Crippen molar-refractivity contribution in [2.75, 3.05) is 12.4 Å². The lowest BCUT2D eigenvalue weighted by molar-refractivity contribution is -0.139. The summed E-state index contributed by atoms with van der Waals surface area (Å²) in [5.41, 5.74) is 4.83. The van der Waals surface area contributed by atoms with Crippen LogP contribution in [-0.2, 0) is 29.2 Å². The summed E-state index contributed by atoms with van der Waals surface area (Å²) in [7, 11) is 1.38. The summed E-state index contributed by atoms with van der Waals surface area (Å²) >= 11 is 1.53. The van der Waals surface area contributed by atoms with Gasteiger partial charge in [-0.2, -0.15) is 0 Å². The molecule has 8 heteroatoms. The highest BCUT2D eigenvalue weighted by molar-refractivity contribution is 7.19. The van der Waals surface area contributed by atoms with E-state index in [4.69, 9.17) is 18.9 Å². The van der Waals surface area contributed by atoms with Gasteiger partial charge in [-0.15, -0.1) is 0 Å². The van der Waals surface area contributed by atoms with E-state index in [0.29, 0.717) is 24.7 Å². The largest absolute Gasteiger partial charge is 0.489 e. The lowest BCUT2D eigenvalue weighted by Crippen LogP contribution is -2.04. The Labute approximate surface area is 272 Å². The Balaban J connectivity index is 1.15. The molecule has 1 aromatic heterocycles. The summed E-state index contributed by atoms with van der Waals surface area (Å²) in [5, 5.41) is 4.13. The van der Waals surface area contributed by atoms with Gasteiger partial charge in [0.15, 0.2) is 5.13 Å². The SMILES string of the molecule is COC(=O)Cc1ccc(Oc2cccc(Nc3ncc(-c4cc(OCc5ccccc5)cc(OCc5ccccc5)c4)s3)c2)cc1. The van der Waals surface area contributed by atoms with Crippen molar-refractivity contribution in [3.63, 3.8) is 0 Å². The molecule has 46 heavy (non-hydrogen) atoms. The quantitative estimate of drug-likeness (QED) is 0.128. The van der Waals surface area contributed by atoms with Crippen LogP contribution >= 0.6 is 11.3 Å². The number of aromatic nitrogens is 1. The van der Waals surface area contributed by atoms with E-state index in [1.807, 2.05) is 134 Å². The van der Waals surface area contributed by atoms with Gasteiger partial charge in [0.1, 0.15) is 36.2 Å². The van der Waals surface area contributed by atoms with Gasteiger partial charge >= 0.3 is 5.97 Å². The monoisotopic (exact) mass is 628 g/mol. The first-order chi connectivity index (χ1) is 22.6. The van der Waals surface area contributed by atoms with Gasteiger partial charge in [0.05, 0.1) is 18.4 Å². The van der Waals surface area contributed by atoms with Crippen LogP contribution in [0.5, 0.6) is 23.0 Å². The van der Waals surface area contributed by atoms with Gasteiger partial charge in [-0.25, -0.2) is 4.98 Å². The normalized spacial score (nSPS) is 10.6. The number of thiazole rings is 1. The van der Waals surface area contributed by atoms with Crippen molar-refractivity contribution in [3.8, 4) is 33.4 Å².